The van der Waals surface area contributed by atoms with E-state index in [9.17, 15) is 14.4 Å². The maximum Gasteiger partial charge on any atom is 0.349 e. The maximum absolute atomic E-state index is 11.9. The molecule has 0 fully saturated rings. The molecular formula is C15H13Cl2NO6. The van der Waals surface area contributed by atoms with E-state index in [1.54, 1.807) is 0 Å². The number of halogens is 2. The van der Waals surface area contributed by atoms with Crippen LogP contribution in [0.4, 0.5) is 0 Å². The van der Waals surface area contributed by atoms with Gasteiger partial charge in [0.05, 0.1) is 6.61 Å². The molecule has 0 radical (unpaired) electrons. The van der Waals surface area contributed by atoms with Crippen LogP contribution in [0.2, 0.25) is 0 Å². The standard InChI is InChI=1S/C15H13Cl2NO6/c1-22-5-4-18-13(19)10-6-8-2-3-9(23-15(21)12(16)17)7-11(8)24-14(10)20/h2-3,6-7,12H,4-5H2,1H3,(H,18,19). The molecule has 0 spiro atoms. The molecule has 24 heavy (non-hydrogen) atoms. The van der Waals surface area contributed by atoms with E-state index in [2.05, 4.69) is 5.32 Å². The van der Waals surface area contributed by atoms with E-state index in [1.165, 1.54) is 31.4 Å². The fourth-order valence-electron chi connectivity index (χ4n) is 1.84. The summed E-state index contributed by atoms with van der Waals surface area (Å²) in [4.78, 5) is 33.9. The SMILES string of the molecule is COCCNC(=O)c1cc2ccc(OC(=O)C(Cl)Cl)cc2oc1=O. The third kappa shape index (κ3) is 4.47. The van der Waals surface area contributed by atoms with Crippen molar-refractivity contribution in [2.45, 2.75) is 4.84 Å². The molecule has 1 aromatic heterocycles. The van der Waals surface area contributed by atoms with Crippen LogP contribution < -0.4 is 15.7 Å². The third-order valence-electron chi connectivity index (χ3n) is 2.94. The van der Waals surface area contributed by atoms with Crippen molar-refractivity contribution in [2.75, 3.05) is 20.3 Å². The minimum atomic E-state index is -1.33. The van der Waals surface area contributed by atoms with E-state index in [1.807, 2.05) is 0 Å². The van der Waals surface area contributed by atoms with Crippen LogP contribution in [0.1, 0.15) is 10.4 Å². The van der Waals surface area contributed by atoms with Gasteiger partial charge in [-0.1, -0.05) is 23.2 Å². The van der Waals surface area contributed by atoms with Crippen molar-refractivity contribution in [3.63, 3.8) is 0 Å². The molecule has 0 aliphatic rings. The van der Waals surface area contributed by atoms with Gasteiger partial charge in [-0.05, 0) is 18.2 Å². The predicted molar refractivity (Wildman–Crippen MR) is 87.8 cm³/mol. The summed E-state index contributed by atoms with van der Waals surface area (Å²) in [5.74, 6) is -1.31. The van der Waals surface area contributed by atoms with Crippen molar-refractivity contribution < 1.29 is 23.5 Å². The Morgan fingerprint density at radius 1 is 1.29 bits per heavy atom. The topological polar surface area (TPSA) is 94.8 Å². The van der Waals surface area contributed by atoms with E-state index < -0.39 is 22.3 Å². The summed E-state index contributed by atoms with van der Waals surface area (Å²) >= 11 is 10.8. The molecule has 0 unspecified atom stereocenters. The molecule has 9 heteroatoms. The van der Waals surface area contributed by atoms with Crippen LogP contribution in [0.5, 0.6) is 5.75 Å². The Morgan fingerprint density at radius 3 is 2.71 bits per heavy atom. The van der Waals surface area contributed by atoms with Gasteiger partial charge in [-0.25, -0.2) is 9.59 Å². The Kier molecular flexibility index (Phi) is 6.19. The molecule has 2 rings (SSSR count). The maximum atomic E-state index is 11.9. The van der Waals surface area contributed by atoms with Gasteiger partial charge in [-0.15, -0.1) is 0 Å². The van der Waals surface area contributed by atoms with E-state index in [4.69, 9.17) is 37.1 Å². The van der Waals surface area contributed by atoms with E-state index in [0.29, 0.717) is 12.0 Å². The number of nitrogens with one attached hydrogen (secondary N) is 1. The number of hydrogen-bond acceptors (Lipinski definition) is 6. The van der Waals surface area contributed by atoms with Gasteiger partial charge in [0.2, 0.25) is 4.84 Å². The highest BCUT2D eigenvalue weighted by Gasteiger charge is 2.16. The largest absolute Gasteiger partial charge is 0.424 e. The zero-order valence-electron chi connectivity index (χ0n) is 12.5. The average molecular weight is 374 g/mol. The normalized spacial score (nSPS) is 10.8. The zero-order chi connectivity index (χ0) is 17.7. The molecule has 0 saturated carbocycles. The summed E-state index contributed by atoms with van der Waals surface area (Å²) in [6, 6.07) is 5.71. The average Bonchev–Trinajstić information content (AvgIpc) is 2.54. The van der Waals surface area contributed by atoms with Crippen molar-refractivity contribution in [1.82, 2.24) is 5.32 Å². The smallest absolute Gasteiger partial charge is 0.349 e. The van der Waals surface area contributed by atoms with Gasteiger partial charge in [0, 0.05) is 25.1 Å². The Morgan fingerprint density at radius 2 is 2.04 bits per heavy atom. The number of alkyl halides is 2. The number of methoxy groups -OCH3 is 1. The van der Waals surface area contributed by atoms with Gasteiger partial charge in [0.1, 0.15) is 16.9 Å². The fourth-order valence-corrected chi connectivity index (χ4v) is 1.92. The molecular weight excluding hydrogens is 361 g/mol. The van der Waals surface area contributed by atoms with Crippen LogP contribution in [-0.2, 0) is 9.53 Å². The van der Waals surface area contributed by atoms with Crippen LogP contribution in [0, 0.1) is 0 Å². The summed E-state index contributed by atoms with van der Waals surface area (Å²) < 4.78 is 14.8. The molecule has 1 aromatic carbocycles. The van der Waals surface area contributed by atoms with E-state index >= 15 is 0 Å². The van der Waals surface area contributed by atoms with Crippen LogP contribution in [-0.4, -0.2) is 37.0 Å². The van der Waals surface area contributed by atoms with Crippen molar-refractivity contribution >= 4 is 46.0 Å². The van der Waals surface area contributed by atoms with Crippen LogP contribution >= 0.6 is 23.2 Å². The molecule has 7 nitrogen and oxygen atoms in total. The van der Waals surface area contributed by atoms with E-state index in [0.717, 1.165) is 0 Å². The second-order valence-corrected chi connectivity index (χ2v) is 5.71. The lowest BCUT2D eigenvalue weighted by Crippen LogP contribution is -2.30. The molecule has 1 heterocycles. The second kappa shape index (κ2) is 8.14. The van der Waals surface area contributed by atoms with Crippen molar-refractivity contribution in [2.24, 2.45) is 0 Å². The lowest BCUT2D eigenvalue weighted by molar-refractivity contribution is -0.132. The van der Waals surface area contributed by atoms with Gasteiger partial charge in [-0.2, -0.15) is 0 Å². The lowest BCUT2D eigenvalue weighted by Gasteiger charge is -2.07. The number of ether oxygens (including phenoxy) is 2. The number of amides is 1. The number of hydrogen-bond donors (Lipinski definition) is 1. The molecule has 1 N–H and O–H groups in total. The Balaban J connectivity index is 2.27. The number of carbonyl (C=O) groups excluding carboxylic acids is 2. The number of carbonyl (C=O) groups is 2. The monoisotopic (exact) mass is 373 g/mol. The van der Waals surface area contributed by atoms with Gasteiger partial charge < -0.3 is 19.2 Å². The van der Waals surface area contributed by atoms with E-state index in [-0.39, 0.29) is 23.4 Å². The first-order chi connectivity index (χ1) is 11.4. The Bertz CT molecular complexity index is 817. The number of benzene rings is 1. The first kappa shape index (κ1) is 18.3. The predicted octanol–water partition coefficient (Wildman–Crippen LogP) is 1.88. The highest BCUT2D eigenvalue weighted by Crippen LogP contribution is 2.21. The zero-order valence-corrected chi connectivity index (χ0v) is 14.0. The number of rotatable bonds is 6. The number of fused-ring (bicyclic) bond motifs is 1. The fraction of sp³-hybridized carbons (Fsp3) is 0.267. The van der Waals surface area contributed by atoms with Gasteiger partial charge >= 0.3 is 11.6 Å². The van der Waals surface area contributed by atoms with Crippen molar-refractivity contribution in [3.8, 4) is 5.75 Å². The molecule has 0 bridgehead atoms. The second-order valence-electron chi connectivity index (χ2n) is 4.62. The highest BCUT2D eigenvalue weighted by molar-refractivity contribution is 6.53. The first-order valence-electron chi connectivity index (χ1n) is 6.77. The number of esters is 1. The minimum Gasteiger partial charge on any atom is -0.424 e. The molecule has 1 amide bonds. The molecule has 0 atom stereocenters. The summed E-state index contributed by atoms with van der Waals surface area (Å²) in [6.45, 7) is 0.585. The Labute approximate surface area is 146 Å². The summed E-state index contributed by atoms with van der Waals surface area (Å²) in [5.41, 5.74) is -0.794. The molecule has 0 aliphatic heterocycles. The summed E-state index contributed by atoms with van der Waals surface area (Å²) in [7, 11) is 1.50. The first-order valence-corrected chi connectivity index (χ1v) is 7.64. The molecule has 128 valence electrons. The van der Waals surface area contributed by atoms with Crippen molar-refractivity contribution in [1.29, 1.82) is 0 Å². The Hall–Kier alpha value is -2.09. The molecule has 0 aliphatic carbocycles. The van der Waals surface area contributed by atoms with Crippen molar-refractivity contribution in [3.05, 3.63) is 40.2 Å². The third-order valence-corrected chi connectivity index (χ3v) is 3.30. The van der Waals surface area contributed by atoms with Gasteiger partial charge in [-0.3, -0.25) is 4.79 Å². The van der Waals surface area contributed by atoms with Gasteiger partial charge in [0.25, 0.3) is 5.91 Å². The van der Waals surface area contributed by atoms with Crippen LogP contribution in [0.15, 0.2) is 33.5 Å². The highest BCUT2D eigenvalue weighted by atomic mass is 35.5. The summed E-state index contributed by atoms with van der Waals surface area (Å²) in [6.07, 6.45) is 0. The van der Waals surface area contributed by atoms with Gasteiger partial charge in [0.15, 0.2) is 0 Å². The minimum absolute atomic E-state index is 0.110. The van der Waals surface area contributed by atoms with Crippen LogP contribution in [0.25, 0.3) is 11.0 Å². The molecule has 0 saturated heterocycles. The van der Waals surface area contributed by atoms with Crippen LogP contribution in [0.3, 0.4) is 0 Å². The lowest BCUT2D eigenvalue weighted by atomic mass is 10.1. The molecule has 2 aromatic rings. The summed E-state index contributed by atoms with van der Waals surface area (Å²) in [5, 5.41) is 3.02. The quantitative estimate of drug-likeness (QED) is 0.273.